The summed E-state index contributed by atoms with van der Waals surface area (Å²) in [6.07, 6.45) is 1.47. The van der Waals surface area contributed by atoms with Gasteiger partial charge in [0.2, 0.25) is 0 Å². The van der Waals surface area contributed by atoms with Crippen molar-refractivity contribution in [3.05, 3.63) is 12.2 Å². The summed E-state index contributed by atoms with van der Waals surface area (Å²) in [4.78, 5) is 3.95. The third-order valence-electron chi connectivity index (χ3n) is 1.47. The van der Waals surface area contributed by atoms with Crippen molar-refractivity contribution in [2.45, 2.75) is 19.9 Å². The number of nitrogens with one attached hydrogen (secondary N) is 1. The van der Waals surface area contributed by atoms with Gasteiger partial charge in [-0.1, -0.05) is 13.8 Å². The van der Waals surface area contributed by atoms with Gasteiger partial charge in [0.05, 0.1) is 6.04 Å². The Morgan fingerprint density at radius 2 is 2.30 bits per heavy atom. The Kier molecular flexibility index (Phi) is 2.01. The molecule has 0 radical (unpaired) electrons. The van der Waals surface area contributed by atoms with Crippen LogP contribution in [0.5, 0.6) is 0 Å². The number of hydrogen-bond acceptors (Lipinski definition) is 3. The Morgan fingerprint density at radius 1 is 1.60 bits per heavy atom. The number of H-pyrrole nitrogens is 1. The third-order valence-corrected chi connectivity index (χ3v) is 1.47. The fraction of sp³-hybridized carbons (Fsp3) is 0.667. The van der Waals surface area contributed by atoms with Crippen LogP contribution in [-0.4, -0.2) is 15.2 Å². The molecule has 1 aromatic heterocycles. The van der Waals surface area contributed by atoms with Crippen molar-refractivity contribution in [2.24, 2.45) is 11.7 Å². The number of nitrogens with two attached hydrogens (primary N) is 1. The highest BCUT2D eigenvalue weighted by Gasteiger charge is 2.11. The molecular formula is C6H12N4. The van der Waals surface area contributed by atoms with E-state index in [1.54, 1.807) is 0 Å². The van der Waals surface area contributed by atoms with Gasteiger partial charge in [0.25, 0.3) is 0 Å². The van der Waals surface area contributed by atoms with Gasteiger partial charge in [0.15, 0.2) is 0 Å². The minimum Gasteiger partial charge on any atom is -0.321 e. The quantitative estimate of drug-likeness (QED) is 0.627. The van der Waals surface area contributed by atoms with Gasteiger partial charge in [-0.25, -0.2) is 4.98 Å². The molecule has 0 saturated carbocycles. The maximum Gasteiger partial charge on any atom is 0.141 e. The fourth-order valence-corrected chi connectivity index (χ4v) is 0.691. The summed E-state index contributed by atoms with van der Waals surface area (Å²) in [5, 5.41) is 6.44. The van der Waals surface area contributed by atoms with E-state index in [1.807, 2.05) is 13.8 Å². The van der Waals surface area contributed by atoms with Gasteiger partial charge in [0.1, 0.15) is 12.2 Å². The Balaban J connectivity index is 2.68. The Morgan fingerprint density at radius 3 is 2.70 bits per heavy atom. The van der Waals surface area contributed by atoms with Gasteiger partial charge in [-0.05, 0) is 5.92 Å². The van der Waals surface area contributed by atoms with E-state index < -0.39 is 0 Å². The summed E-state index contributed by atoms with van der Waals surface area (Å²) in [5.41, 5.74) is 5.75. The average Bonchev–Trinajstić information content (AvgIpc) is 2.36. The van der Waals surface area contributed by atoms with Gasteiger partial charge < -0.3 is 5.73 Å². The largest absolute Gasteiger partial charge is 0.321 e. The zero-order chi connectivity index (χ0) is 7.56. The maximum atomic E-state index is 5.75. The predicted octanol–water partition coefficient (Wildman–Crippen LogP) is 0.461. The van der Waals surface area contributed by atoms with E-state index in [9.17, 15) is 0 Å². The smallest absolute Gasteiger partial charge is 0.141 e. The molecule has 10 heavy (non-hydrogen) atoms. The number of hydrogen-bond donors (Lipinski definition) is 2. The zero-order valence-electron chi connectivity index (χ0n) is 6.20. The van der Waals surface area contributed by atoms with Gasteiger partial charge in [-0.3, -0.25) is 5.10 Å². The normalized spacial score (nSPS) is 14.0. The molecule has 0 saturated heterocycles. The second kappa shape index (κ2) is 2.79. The first-order chi connectivity index (χ1) is 4.72. The molecule has 1 heterocycles. The number of aromatic nitrogens is 3. The second-order valence-corrected chi connectivity index (χ2v) is 2.64. The van der Waals surface area contributed by atoms with Crippen molar-refractivity contribution in [2.75, 3.05) is 0 Å². The Bertz CT molecular complexity index is 180. The summed E-state index contributed by atoms with van der Waals surface area (Å²) >= 11 is 0. The van der Waals surface area contributed by atoms with E-state index in [4.69, 9.17) is 5.73 Å². The molecule has 0 amide bonds. The van der Waals surface area contributed by atoms with Crippen LogP contribution in [0.3, 0.4) is 0 Å². The molecule has 4 heteroatoms. The SMILES string of the molecule is CC(C)C(N)c1ncn[nH]1. The highest BCUT2D eigenvalue weighted by Crippen LogP contribution is 2.12. The second-order valence-electron chi connectivity index (χ2n) is 2.64. The predicted molar refractivity (Wildman–Crippen MR) is 38.1 cm³/mol. The fourth-order valence-electron chi connectivity index (χ4n) is 0.691. The lowest BCUT2D eigenvalue weighted by molar-refractivity contribution is 0.492. The van der Waals surface area contributed by atoms with Crippen LogP contribution in [-0.2, 0) is 0 Å². The lowest BCUT2D eigenvalue weighted by Gasteiger charge is -2.10. The first kappa shape index (κ1) is 7.21. The molecule has 4 nitrogen and oxygen atoms in total. The van der Waals surface area contributed by atoms with Crippen LogP contribution in [0.4, 0.5) is 0 Å². The monoisotopic (exact) mass is 140 g/mol. The van der Waals surface area contributed by atoms with E-state index in [-0.39, 0.29) is 6.04 Å². The average molecular weight is 140 g/mol. The number of nitrogens with zero attached hydrogens (tertiary/aromatic N) is 2. The molecule has 0 aliphatic rings. The van der Waals surface area contributed by atoms with Crippen LogP contribution < -0.4 is 5.73 Å². The van der Waals surface area contributed by atoms with Gasteiger partial charge in [-0.15, -0.1) is 0 Å². The molecule has 3 N–H and O–H groups in total. The van der Waals surface area contributed by atoms with E-state index >= 15 is 0 Å². The van der Waals surface area contributed by atoms with E-state index in [0.29, 0.717) is 5.92 Å². The van der Waals surface area contributed by atoms with Crippen LogP contribution in [0.25, 0.3) is 0 Å². The Hall–Kier alpha value is -0.900. The highest BCUT2D eigenvalue weighted by molar-refractivity contribution is 4.90. The molecule has 0 aliphatic heterocycles. The van der Waals surface area contributed by atoms with E-state index in [0.717, 1.165) is 5.82 Å². The zero-order valence-corrected chi connectivity index (χ0v) is 6.20. The molecule has 0 fully saturated rings. The van der Waals surface area contributed by atoms with Crippen molar-refractivity contribution in [3.8, 4) is 0 Å². The van der Waals surface area contributed by atoms with Crippen molar-refractivity contribution < 1.29 is 0 Å². The topological polar surface area (TPSA) is 67.6 Å². The first-order valence-corrected chi connectivity index (χ1v) is 3.32. The maximum absolute atomic E-state index is 5.75. The molecule has 0 bridgehead atoms. The van der Waals surface area contributed by atoms with E-state index in [1.165, 1.54) is 6.33 Å². The van der Waals surface area contributed by atoms with Crippen molar-refractivity contribution in [1.29, 1.82) is 0 Å². The summed E-state index contributed by atoms with van der Waals surface area (Å²) in [6.45, 7) is 4.10. The lowest BCUT2D eigenvalue weighted by Crippen LogP contribution is -2.18. The van der Waals surface area contributed by atoms with Gasteiger partial charge in [0, 0.05) is 0 Å². The third kappa shape index (κ3) is 1.33. The lowest BCUT2D eigenvalue weighted by atomic mass is 10.1. The number of aromatic amines is 1. The molecule has 1 aromatic rings. The molecule has 1 atom stereocenters. The molecule has 56 valence electrons. The number of rotatable bonds is 2. The van der Waals surface area contributed by atoms with Crippen LogP contribution in [0.2, 0.25) is 0 Å². The van der Waals surface area contributed by atoms with Gasteiger partial charge in [-0.2, -0.15) is 5.10 Å². The first-order valence-electron chi connectivity index (χ1n) is 3.32. The highest BCUT2D eigenvalue weighted by atomic mass is 15.2. The van der Waals surface area contributed by atoms with Crippen LogP contribution in [0, 0.1) is 5.92 Å². The molecule has 1 unspecified atom stereocenters. The minimum absolute atomic E-state index is 0.0255. The standard InChI is InChI=1S/C6H12N4/c1-4(2)5(7)6-8-3-9-10-6/h3-5H,7H2,1-2H3,(H,8,9,10). The summed E-state index contributed by atoms with van der Waals surface area (Å²) in [5.74, 6) is 1.16. The van der Waals surface area contributed by atoms with Crippen molar-refractivity contribution >= 4 is 0 Å². The molecule has 0 aliphatic carbocycles. The molecule has 0 spiro atoms. The van der Waals surface area contributed by atoms with Crippen LogP contribution in [0.1, 0.15) is 25.7 Å². The van der Waals surface area contributed by atoms with Crippen molar-refractivity contribution in [1.82, 2.24) is 15.2 Å². The van der Waals surface area contributed by atoms with Gasteiger partial charge >= 0.3 is 0 Å². The van der Waals surface area contributed by atoms with Crippen LogP contribution >= 0.6 is 0 Å². The van der Waals surface area contributed by atoms with E-state index in [2.05, 4.69) is 15.2 Å². The summed E-state index contributed by atoms with van der Waals surface area (Å²) in [7, 11) is 0. The molecule has 1 rings (SSSR count). The molecular weight excluding hydrogens is 128 g/mol. The molecule has 0 aromatic carbocycles. The summed E-state index contributed by atoms with van der Waals surface area (Å²) in [6, 6.07) is -0.0255. The minimum atomic E-state index is -0.0255. The van der Waals surface area contributed by atoms with Crippen molar-refractivity contribution in [3.63, 3.8) is 0 Å². The summed E-state index contributed by atoms with van der Waals surface area (Å²) < 4.78 is 0. The van der Waals surface area contributed by atoms with Crippen LogP contribution in [0.15, 0.2) is 6.33 Å². The Labute approximate surface area is 59.8 Å².